The van der Waals surface area contributed by atoms with Crippen LogP contribution in [0.15, 0.2) is 29.3 Å². The lowest BCUT2D eigenvalue weighted by molar-refractivity contribution is 0.477. The number of halogens is 1. The predicted molar refractivity (Wildman–Crippen MR) is 83.2 cm³/mol. The highest BCUT2D eigenvalue weighted by molar-refractivity contribution is 7.89. The van der Waals surface area contributed by atoms with Crippen LogP contribution in [0.25, 0.3) is 0 Å². The molecule has 1 aromatic heterocycles. The predicted octanol–water partition coefficient (Wildman–Crippen LogP) is 2.29. The van der Waals surface area contributed by atoms with Crippen molar-refractivity contribution in [1.82, 2.24) is 9.29 Å². The molecular formula is C14H18ClN3O2S. The lowest BCUT2D eigenvalue weighted by Crippen LogP contribution is -2.29. The minimum Gasteiger partial charge on any atom is -0.351 e. The topological polar surface area (TPSA) is 53.5 Å². The number of hydrogen-bond donors (Lipinski definition) is 0. The zero-order valence-electron chi connectivity index (χ0n) is 11.7. The lowest BCUT2D eigenvalue weighted by Gasteiger charge is -2.25. The van der Waals surface area contributed by atoms with Crippen LogP contribution >= 0.6 is 11.6 Å². The molecule has 7 heteroatoms. The molecule has 0 saturated carbocycles. The molecule has 0 bridgehead atoms. The SMILES string of the molecule is O=S(=O)(c1cnc(N2CC=CCC2)c(Cl)c1)N1CCCC1. The molecule has 0 amide bonds. The van der Waals surface area contributed by atoms with Gasteiger partial charge < -0.3 is 4.90 Å². The highest BCUT2D eigenvalue weighted by Crippen LogP contribution is 2.29. The Bertz CT molecular complexity index is 654. The molecule has 0 N–H and O–H groups in total. The molecule has 0 aliphatic carbocycles. The smallest absolute Gasteiger partial charge is 0.244 e. The van der Waals surface area contributed by atoms with Crippen molar-refractivity contribution in [3.8, 4) is 0 Å². The Labute approximate surface area is 130 Å². The molecule has 0 aromatic carbocycles. The van der Waals surface area contributed by atoms with Crippen LogP contribution in [0.1, 0.15) is 19.3 Å². The van der Waals surface area contributed by atoms with Crippen LogP contribution in [0.5, 0.6) is 0 Å². The van der Waals surface area contributed by atoms with Gasteiger partial charge >= 0.3 is 0 Å². The maximum atomic E-state index is 12.5. The van der Waals surface area contributed by atoms with Crippen molar-refractivity contribution in [1.29, 1.82) is 0 Å². The fourth-order valence-corrected chi connectivity index (χ4v) is 4.54. The second kappa shape index (κ2) is 5.94. The minimum atomic E-state index is -3.45. The Kier molecular flexibility index (Phi) is 4.19. The van der Waals surface area contributed by atoms with Crippen LogP contribution in [0.4, 0.5) is 5.82 Å². The van der Waals surface area contributed by atoms with Gasteiger partial charge in [0.25, 0.3) is 0 Å². The monoisotopic (exact) mass is 327 g/mol. The fourth-order valence-electron chi connectivity index (χ4n) is 2.70. The zero-order chi connectivity index (χ0) is 14.9. The van der Waals surface area contributed by atoms with E-state index in [1.165, 1.54) is 16.6 Å². The summed E-state index contributed by atoms with van der Waals surface area (Å²) in [5, 5.41) is 0.394. The van der Waals surface area contributed by atoms with E-state index < -0.39 is 10.0 Å². The van der Waals surface area contributed by atoms with Gasteiger partial charge in [-0.2, -0.15) is 4.31 Å². The van der Waals surface area contributed by atoms with Gasteiger partial charge in [0.2, 0.25) is 10.0 Å². The summed E-state index contributed by atoms with van der Waals surface area (Å²) in [6.45, 7) is 2.77. The minimum absolute atomic E-state index is 0.186. The van der Waals surface area contributed by atoms with E-state index in [2.05, 4.69) is 22.0 Å². The summed E-state index contributed by atoms with van der Waals surface area (Å²) in [5.41, 5.74) is 0. The molecule has 1 fully saturated rings. The highest BCUT2D eigenvalue weighted by atomic mass is 35.5. The Morgan fingerprint density at radius 1 is 1.14 bits per heavy atom. The van der Waals surface area contributed by atoms with Crippen LogP contribution in [0, 0.1) is 0 Å². The third-order valence-electron chi connectivity index (χ3n) is 3.86. The second-order valence-electron chi connectivity index (χ2n) is 5.29. The molecule has 0 radical (unpaired) electrons. The van der Waals surface area contributed by atoms with E-state index in [0.29, 0.717) is 23.9 Å². The van der Waals surface area contributed by atoms with E-state index in [9.17, 15) is 8.42 Å². The van der Waals surface area contributed by atoms with Crippen molar-refractivity contribution >= 4 is 27.4 Å². The molecule has 114 valence electrons. The van der Waals surface area contributed by atoms with Gasteiger partial charge in [-0.25, -0.2) is 13.4 Å². The third kappa shape index (κ3) is 2.93. The first-order valence-electron chi connectivity index (χ1n) is 7.15. The first-order valence-corrected chi connectivity index (χ1v) is 8.96. The van der Waals surface area contributed by atoms with Gasteiger partial charge in [0.05, 0.1) is 5.02 Å². The summed E-state index contributed by atoms with van der Waals surface area (Å²) in [7, 11) is -3.45. The molecule has 21 heavy (non-hydrogen) atoms. The molecule has 2 aliphatic rings. The van der Waals surface area contributed by atoms with Crippen molar-refractivity contribution in [2.45, 2.75) is 24.2 Å². The molecule has 5 nitrogen and oxygen atoms in total. The zero-order valence-corrected chi connectivity index (χ0v) is 13.3. The second-order valence-corrected chi connectivity index (χ2v) is 7.64. The average Bonchev–Trinajstić information content (AvgIpc) is 3.03. The first-order chi connectivity index (χ1) is 10.1. The molecule has 1 aromatic rings. The quantitative estimate of drug-likeness (QED) is 0.799. The van der Waals surface area contributed by atoms with E-state index in [1.807, 2.05) is 0 Å². The number of anilines is 1. The summed E-state index contributed by atoms with van der Waals surface area (Å²) in [4.78, 5) is 6.53. The molecule has 0 atom stereocenters. The number of sulfonamides is 1. The van der Waals surface area contributed by atoms with Crippen molar-refractivity contribution < 1.29 is 8.42 Å². The number of nitrogens with zero attached hydrogens (tertiary/aromatic N) is 3. The van der Waals surface area contributed by atoms with Gasteiger partial charge in [0, 0.05) is 32.4 Å². The fraction of sp³-hybridized carbons (Fsp3) is 0.500. The van der Waals surface area contributed by atoms with E-state index in [1.54, 1.807) is 0 Å². The van der Waals surface area contributed by atoms with Gasteiger partial charge in [-0.15, -0.1) is 0 Å². The molecule has 0 spiro atoms. The largest absolute Gasteiger partial charge is 0.351 e. The van der Waals surface area contributed by atoms with Gasteiger partial charge in [-0.3, -0.25) is 0 Å². The molecule has 0 unspecified atom stereocenters. The summed E-state index contributed by atoms with van der Waals surface area (Å²) in [5.74, 6) is 0.654. The van der Waals surface area contributed by atoms with Crippen molar-refractivity contribution in [2.24, 2.45) is 0 Å². The summed E-state index contributed by atoms with van der Waals surface area (Å²) < 4.78 is 26.5. The Balaban J connectivity index is 1.88. The summed E-state index contributed by atoms with van der Waals surface area (Å²) in [6, 6.07) is 1.52. The van der Waals surface area contributed by atoms with E-state index in [4.69, 9.17) is 11.6 Å². The maximum absolute atomic E-state index is 12.5. The Hall–Kier alpha value is -1.11. The van der Waals surface area contributed by atoms with E-state index in [0.717, 1.165) is 32.4 Å². The Morgan fingerprint density at radius 3 is 2.52 bits per heavy atom. The number of pyridine rings is 1. The van der Waals surface area contributed by atoms with Gasteiger partial charge in [0.15, 0.2) is 0 Å². The normalized spacial score (nSPS) is 20.1. The van der Waals surface area contributed by atoms with Crippen LogP contribution < -0.4 is 4.90 Å². The number of hydrogen-bond acceptors (Lipinski definition) is 4. The standard InChI is InChI=1S/C14H18ClN3O2S/c15-13-10-12(21(19,20)18-8-4-5-9-18)11-16-14(13)17-6-2-1-3-7-17/h1-2,10-11H,3-9H2. The van der Waals surface area contributed by atoms with E-state index in [-0.39, 0.29) is 4.90 Å². The summed E-state index contributed by atoms with van der Waals surface area (Å²) in [6.07, 6.45) is 8.39. The third-order valence-corrected chi connectivity index (χ3v) is 6.00. The summed E-state index contributed by atoms with van der Waals surface area (Å²) >= 11 is 6.26. The number of aromatic nitrogens is 1. The Morgan fingerprint density at radius 2 is 1.90 bits per heavy atom. The van der Waals surface area contributed by atoms with Gasteiger partial charge in [0.1, 0.15) is 10.7 Å². The highest BCUT2D eigenvalue weighted by Gasteiger charge is 2.28. The van der Waals surface area contributed by atoms with Crippen molar-refractivity contribution in [3.05, 3.63) is 29.4 Å². The van der Waals surface area contributed by atoms with Crippen LogP contribution in [0.3, 0.4) is 0 Å². The number of rotatable bonds is 3. The van der Waals surface area contributed by atoms with E-state index >= 15 is 0 Å². The van der Waals surface area contributed by atoms with Crippen molar-refractivity contribution in [2.75, 3.05) is 31.1 Å². The van der Waals surface area contributed by atoms with Crippen LogP contribution in [-0.2, 0) is 10.0 Å². The maximum Gasteiger partial charge on any atom is 0.244 e. The molecule has 2 aliphatic heterocycles. The van der Waals surface area contributed by atoms with Crippen LogP contribution in [0.2, 0.25) is 5.02 Å². The molecule has 3 heterocycles. The van der Waals surface area contributed by atoms with Crippen LogP contribution in [-0.4, -0.2) is 43.9 Å². The molecule has 1 saturated heterocycles. The van der Waals surface area contributed by atoms with Crippen molar-refractivity contribution in [3.63, 3.8) is 0 Å². The van der Waals surface area contributed by atoms with Gasteiger partial charge in [-0.05, 0) is 25.3 Å². The lowest BCUT2D eigenvalue weighted by atomic mass is 10.2. The molecule has 3 rings (SSSR count). The van der Waals surface area contributed by atoms with Gasteiger partial charge in [-0.1, -0.05) is 23.8 Å². The first kappa shape index (κ1) is 14.8. The molecular weight excluding hydrogens is 310 g/mol. The average molecular weight is 328 g/mol.